The van der Waals surface area contributed by atoms with Crippen molar-refractivity contribution in [2.45, 2.75) is 26.3 Å². The van der Waals surface area contributed by atoms with Crippen LogP contribution >= 0.6 is 12.2 Å². The monoisotopic (exact) mass is 372 g/mol. The lowest BCUT2D eigenvalue weighted by molar-refractivity contribution is 0.174. The van der Waals surface area contributed by atoms with Crippen molar-refractivity contribution in [2.24, 2.45) is 5.92 Å². The van der Waals surface area contributed by atoms with Gasteiger partial charge in [-0.3, -0.25) is 0 Å². The van der Waals surface area contributed by atoms with Crippen LogP contribution in [0.25, 0.3) is 0 Å². The molecule has 0 amide bonds. The van der Waals surface area contributed by atoms with E-state index in [1.807, 2.05) is 30.3 Å². The summed E-state index contributed by atoms with van der Waals surface area (Å²) in [5.41, 5.74) is 2.04. The van der Waals surface area contributed by atoms with Crippen molar-refractivity contribution in [1.29, 1.82) is 0 Å². The smallest absolute Gasteiger partial charge is 0.231 e. The van der Waals surface area contributed by atoms with Gasteiger partial charge in [0.15, 0.2) is 16.6 Å². The SMILES string of the molecule is COc1ccc(C(CC(C)C)NC(=S)Nc2ccc3c(c2)OCO3)cc1. The summed E-state index contributed by atoms with van der Waals surface area (Å²) in [6.45, 7) is 4.66. The second-order valence-electron chi connectivity index (χ2n) is 6.62. The molecule has 6 heteroatoms. The number of hydrogen-bond acceptors (Lipinski definition) is 4. The van der Waals surface area contributed by atoms with Gasteiger partial charge in [0, 0.05) is 11.8 Å². The molecule has 1 aliphatic heterocycles. The fourth-order valence-corrected chi connectivity index (χ4v) is 3.15. The maximum absolute atomic E-state index is 5.52. The van der Waals surface area contributed by atoms with E-state index < -0.39 is 0 Å². The molecule has 3 rings (SSSR count). The molecule has 2 aromatic rings. The molecule has 1 unspecified atom stereocenters. The van der Waals surface area contributed by atoms with E-state index in [1.54, 1.807) is 7.11 Å². The zero-order chi connectivity index (χ0) is 18.5. The zero-order valence-corrected chi connectivity index (χ0v) is 16.1. The second-order valence-corrected chi connectivity index (χ2v) is 7.03. The van der Waals surface area contributed by atoms with Crippen LogP contribution in [0.4, 0.5) is 5.69 Å². The number of hydrogen-bond donors (Lipinski definition) is 2. The zero-order valence-electron chi connectivity index (χ0n) is 15.2. The Morgan fingerprint density at radius 3 is 2.54 bits per heavy atom. The van der Waals surface area contributed by atoms with Gasteiger partial charge < -0.3 is 24.8 Å². The number of anilines is 1. The lowest BCUT2D eigenvalue weighted by atomic mass is 9.97. The van der Waals surface area contributed by atoms with Crippen molar-refractivity contribution in [2.75, 3.05) is 19.2 Å². The van der Waals surface area contributed by atoms with Gasteiger partial charge in [-0.15, -0.1) is 0 Å². The van der Waals surface area contributed by atoms with E-state index >= 15 is 0 Å². The number of methoxy groups -OCH3 is 1. The number of rotatable bonds is 6. The first-order valence-electron chi connectivity index (χ1n) is 8.66. The third-order valence-corrected chi connectivity index (χ3v) is 4.38. The fraction of sp³-hybridized carbons (Fsp3) is 0.350. The molecule has 0 saturated carbocycles. The van der Waals surface area contributed by atoms with Gasteiger partial charge in [-0.05, 0) is 54.4 Å². The Labute approximate surface area is 159 Å². The fourth-order valence-electron chi connectivity index (χ4n) is 2.89. The van der Waals surface area contributed by atoms with Gasteiger partial charge in [0.2, 0.25) is 6.79 Å². The van der Waals surface area contributed by atoms with E-state index in [4.69, 9.17) is 26.4 Å². The normalized spacial score (nSPS) is 13.4. The van der Waals surface area contributed by atoms with Crippen LogP contribution in [-0.2, 0) is 0 Å². The average Bonchev–Trinajstić information content (AvgIpc) is 3.08. The van der Waals surface area contributed by atoms with Crippen molar-refractivity contribution in [3.05, 3.63) is 48.0 Å². The van der Waals surface area contributed by atoms with Gasteiger partial charge in [0.05, 0.1) is 13.2 Å². The second kappa shape index (κ2) is 8.27. The number of benzene rings is 2. The Bertz CT molecular complexity index is 762. The summed E-state index contributed by atoms with van der Waals surface area (Å²) in [7, 11) is 1.67. The minimum Gasteiger partial charge on any atom is -0.497 e. The van der Waals surface area contributed by atoms with Crippen molar-refractivity contribution >= 4 is 23.0 Å². The Morgan fingerprint density at radius 1 is 1.12 bits per heavy atom. The Balaban J connectivity index is 1.68. The average molecular weight is 372 g/mol. The maximum Gasteiger partial charge on any atom is 0.231 e. The highest BCUT2D eigenvalue weighted by Crippen LogP contribution is 2.34. The lowest BCUT2D eigenvalue weighted by Crippen LogP contribution is -2.33. The Morgan fingerprint density at radius 2 is 1.85 bits per heavy atom. The number of thiocarbonyl (C=S) groups is 1. The summed E-state index contributed by atoms with van der Waals surface area (Å²) in [6, 6.07) is 13.9. The summed E-state index contributed by atoms with van der Waals surface area (Å²) in [5.74, 6) is 2.86. The van der Waals surface area contributed by atoms with Gasteiger partial charge >= 0.3 is 0 Å². The van der Waals surface area contributed by atoms with Crippen LogP contribution < -0.4 is 24.8 Å². The van der Waals surface area contributed by atoms with Crippen LogP contribution in [0.1, 0.15) is 31.9 Å². The largest absolute Gasteiger partial charge is 0.497 e. The molecule has 0 radical (unpaired) electrons. The van der Waals surface area contributed by atoms with E-state index in [0.717, 1.165) is 29.4 Å². The number of fused-ring (bicyclic) bond motifs is 1. The Hall–Kier alpha value is -2.47. The molecular formula is C20H24N2O3S. The molecule has 2 N–H and O–H groups in total. The van der Waals surface area contributed by atoms with Crippen LogP contribution in [0.3, 0.4) is 0 Å². The van der Waals surface area contributed by atoms with E-state index in [9.17, 15) is 0 Å². The molecule has 0 spiro atoms. The van der Waals surface area contributed by atoms with E-state index in [1.165, 1.54) is 5.56 Å². The predicted molar refractivity (Wildman–Crippen MR) is 107 cm³/mol. The van der Waals surface area contributed by atoms with E-state index in [0.29, 0.717) is 11.0 Å². The summed E-state index contributed by atoms with van der Waals surface area (Å²) in [5, 5.41) is 7.23. The van der Waals surface area contributed by atoms with E-state index in [-0.39, 0.29) is 12.8 Å². The molecule has 26 heavy (non-hydrogen) atoms. The molecule has 0 aromatic heterocycles. The van der Waals surface area contributed by atoms with Crippen LogP contribution in [0, 0.1) is 5.92 Å². The first kappa shape index (κ1) is 18.3. The summed E-state index contributed by atoms with van der Waals surface area (Å²) in [4.78, 5) is 0. The van der Waals surface area contributed by atoms with Gasteiger partial charge in [-0.2, -0.15) is 0 Å². The minimum absolute atomic E-state index is 0.120. The molecular weight excluding hydrogens is 348 g/mol. The van der Waals surface area contributed by atoms with E-state index in [2.05, 4.69) is 36.6 Å². The maximum atomic E-state index is 5.52. The summed E-state index contributed by atoms with van der Waals surface area (Å²) in [6.07, 6.45) is 0.968. The highest BCUT2D eigenvalue weighted by atomic mass is 32.1. The third kappa shape index (κ3) is 4.58. The minimum atomic E-state index is 0.120. The third-order valence-electron chi connectivity index (χ3n) is 4.16. The Kier molecular flexibility index (Phi) is 5.83. The van der Waals surface area contributed by atoms with Crippen molar-refractivity contribution in [3.63, 3.8) is 0 Å². The number of nitrogens with one attached hydrogen (secondary N) is 2. The predicted octanol–water partition coefficient (Wildman–Crippen LogP) is 4.50. The van der Waals surface area contributed by atoms with Gasteiger partial charge in [-0.25, -0.2) is 0 Å². The molecule has 0 fully saturated rings. The van der Waals surface area contributed by atoms with Crippen LogP contribution in [0.15, 0.2) is 42.5 Å². The highest BCUT2D eigenvalue weighted by molar-refractivity contribution is 7.80. The molecule has 0 bridgehead atoms. The molecule has 1 aliphatic rings. The lowest BCUT2D eigenvalue weighted by Gasteiger charge is -2.23. The molecule has 2 aromatic carbocycles. The van der Waals surface area contributed by atoms with Crippen molar-refractivity contribution in [1.82, 2.24) is 5.32 Å². The first-order valence-corrected chi connectivity index (χ1v) is 9.07. The molecule has 5 nitrogen and oxygen atoms in total. The number of ether oxygens (including phenoxy) is 3. The van der Waals surface area contributed by atoms with Crippen LogP contribution in [-0.4, -0.2) is 19.0 Å². The summed E-state index contributed by atoms with van der Waals surface area (Å²) < 4.78 is 16.0. The van der Waals surface area contributed by atoms with Crippen molar-refractivity contribution in [3.8, 4) is 17.2 Å². The van der Waals surface area contributed by atoms with Crippen molar-refractivity contribution < 1.29 is 14.2 Å². The topological polar surface area (TPSA) is 51.8 Å². The van der Waals surface area contributed by atoms with Crippen LogP contribution in [0.2, 0.25) is 0 Å². The molecule has 138 valence electrons. The van der Waals surface area contributed by atoms with Gasteiger partial charge in [0.25, 0.3) is 0 Å². The highest BCUT2D eigenvalue weighted by Gasteiger charge is 2.17. The van der Waals surface area contributed by atoms with Crippen LogP contribution in [0.5, 0.6) is 17.2 Å². The summed E-state index contributed by atoms with van der Waals surface area (Å²) >= 11 is 5.52. The van der Waals surface area contributed by atoms with Gasteiger partial charge in [-0.1, -0.05) is 26.0 Å². The quantitative estimate of drug-likeness (QED) is 0.728. The molecule has 1 heterocycles. The molecule has 0 aliphatic carbocycles. The standard InChI is InChI=1S/C20H24N2O3S/c1-13(2)10-17(14-4-7-16(23-3)8-5-14)22-20(26)21-15-6-9-18-19(11-15)25-12-24-18/h4-9,11,13,17H,10,12H2,1-3H3,(H2,21,22,26). The van der Waals surface area contributed by atoms with Gasteiger partial charge in [0.1, 0.15) is 5.75 Å². The molecule has 1 atom stereocenters. The molecule has 0 saturated heterocycles. The first-order chi connectivity index (χ1) is 12.5.